The Morgan fingerprint density at radius 1 is 1.15 bits per heavy atom. The molecular weight excluding hydrogens is 360 g/mol. The van der Waals surface area contributed by atoms with Crippen LogP contribution in [0, 0.1) is 0 Å². The second-order valence-electron chi connectivity index (χ2n) is 5.36. The van der Waals surface area contributed by atoms with Gasteiger partial charge in [0, 0.05) is 5.56 Å². The molecule has 0 aromatic heterocycles. The van der Waals surface area contributed by atoms with Crippen LogP contribution in [0.2, 0.25) is 0 Å². The fourth-order valence-electron chi connectivity index (χ4n) is 2.20. The molecule has 136 valence electrons. The average molecular weight is 376 g/mol. The van der Waals surface area contributed by atoms with Crippen LogP contribution in [0.5, 0.6) is 11.5 Å². The van der Waals surface area contributed by atoms with E-state index >= 15 is 0 Å². The Hall–Kier alpha value is -3.07. The van der Waals surface area contributed by atoms with Crippen LogP contribution in [0.25, 0.3) is 0 Å². The van der Waals surface area contributed by atoms with Gasteiger partial charge >= 0.3 is 0 Å². The Balaban J connectivity index is 1.57. The van der Waals surface area contributed by atoms with Crippen molar-refractivity contribution in [3.63, 3.8) is 0 Å². The summed E-state index contributed by atoms with van der Waals surface area (Å²) in [6, 6.07) is 12.8. The molecule has 1 aliphatic heterocycles. The molecule has 1 amide bonds. The van der Waals surface area contributed by atoms with Crippen LogP contribution in [0.3, 0.4) is 0 Å². The Morgan fingerprint density at radius 2 is 1.88 bits per heavy atom. The van der Waals surface area contributed by atoms with Crippen molar-refractivity contribution in [2.24, 2.45) is 5.16 Å². The first-order valence-corrected chi connectivity index (χ1v) is 9.11. The molecule has 2 aromatic carbocycles. The number of oxime groups is 1. The zero-order valence-electron chi connectivity index (χ0n) is 13.8. The summed E-state index contributed by atoms with van der Waals surface area (Å²) in [5, 5.41) is 3.83. The molecule has 0 saturated carbocycles. The van der Waals surface area contributed by atoms with E-state index in [1.54, 1.807) is 43.3 Å². The van der Waals surface area contributed by atoms with Gasteiger partial charge in [0.2, 0.25) is 6.79 Å². The fourth-order valence-corrected chi connectivity index (χ4v) is 3.19. The number of rotatable bonds is 6. The van der Waals surface area contributed by atoms with Crippen molar-refractivity contribution in [2.75, 3.05) is 13.4 Å². The normalized spacial score (nSPS) is 13.3. The molecular formula is C17H16N2O6S. The number of hydrogen-bond donors (Lipinski definition) is 1. The van der Waals surface area contributed by atoms with Crippen LogP contribution < -0.4 is 14.2 Å². The van der Waals surface area contributed by atoms with Gasteiger partial charge in [0.15, 0.2) is 18.1 Å². The largest absolute Gasteiger partial charge is 0.454 e. The van der Waals surface area contributed by atoms with Crippen LogP contribution >= 0.6 is 0 Å². The Morgan fingerprint density at radius 3 is 2.65 bits per heavy atom. The topological polar surface area (TPSA) is 103 Å². The van der Waals surface area contributed by atoms with Gasteiger partial charge in [-0.05, 0) is 37.3 Å². The SMILES string of the molecule is CC(=NOCC(=O)NS(=O)(=O)c1ccccc1)c1ccc2c(c1)OCO2. The third kappa shape index (κ3) is 4.12. The van der Waals surface area contributed by atoms with Gasteiger partial charge in [-0.2, -0.15) is 0 Å². The van der Waals surface area contributed by atoms with E-state index in [-0.39, 0.29) is 11.7 Å². The first-order chi connectivity index (χ1) is 12.5. The van der Waals surface area contributed by atoms with Crippen LogP contribution in [-0.4, -0.2) is 33.4 Å². The Bertz CT molecular complexity index is 941. The molecule has 0 radical (unpaired) electrons. The number of nitrogens with zero attached hydrogens (tertiary/aromatic N) is 1. The van der Waals surface area contributed by atoms with Crippen LogP contribution in [0.4, 0.5) is 0 Å². The number of hydrogen-bond acceptors (Lipinski definition) is 7. The van der Waals surface area contributed by atoms with Crippen molar-refractivity contribution in [1.29, 1.82) is 0 Å². The highest BCUT2D eigenvalue weighted by Crippen LogP contribution is 2.32. The third-order valence-corrected chi connectivity index (χ3v) is 4.88. The lowest BCUT2D eigenvalue weighted by atomic mass is 10.1. The highest BCUT2D eigenvalue weighted by atomic mass is 32.2. The molecule has 3 rings (SSSR count). The number of nitrogens with one attached hydrogen (secondary N) is 1. The number of ether oxygens (including phenoxy) is 2. The number of sulfonamides is 1. The van der Waals surface area contributed by atoms with Crippen LogP contribution in [0.15, 0.2) is 58.6 Å². The number of benzene rings is 2. The van der Waals surface area contributed by atoms with E-state index in [1.807, 2.05) is 4.72 Å². The third-order valence-electron chi connectivity index (χ3n) is 3.49. The molecule has 0 saturated heterocycles. The van der Waals surface area contributed by atoms with Crippen LogP contribution in [-0.2, 0) is 19.7 Å². The lowest BCUT2D eigenvalue weighted by Crippen LogP contribution is -2.33. The van der Waals surface area contributed by atoms with E-state index in [1.165, 1.54) is 12.1 Å². The number of amides is 1. The van der Waals surface area contributed by atoms with Gasteiger partial charge in [-0.1, -0.05) is 23.4 Å². The molecule has 9 heteroatoms. The number of carbonyl (C=O) groups is 1. The van der Waals surface area contributed by atoms with Crippen molar-refractivity contribution < 1.29 is 27.5 Å². The van der Waals surface area contributed by atoms with E-state index < -0.39 is 22.5 Å². The molecule has 1 N–H and O–H groups in total. The zero-order valence-corrected chi connectivity index (χ0v) is 14.7. The summed E-state index contributed by atoms with van der Waals surface area (Å²) in [6.45, 7) is 1.33. The van der Waals surface area contributed by atoms with Gasteiger partial charge in [-0.15, -0.1) is 0 Å². The van der Waals surface area contributed by atoms with Gasteiger partial charge in [0.25, 0.3) is 15.9 Å². The lowest BCUT2D eigenvalue weighted by molar-refractivity contribution is -0.123. The number of carbonyl (C=O) groups excluding carboxylic acids is 1. The summed E-state index contributed by atoms with van der Waals surface area (Å²) < 4.78 is 36.5. The maximum absolute atomic E-state index is 12.0. The molecule has 0 atom stereocenters. The van der Waals surface area contributed by atoms with Gasteiger partial charge < -0.3 is 14.3 Å². The predicted octanol–water partition coefficient (Wildman–Crippen LogP) is 1.66. The molecule has 0 bridgehead atoms. The summed E-state index contributed by atoms with van der Waals surface area (Å²) >= 11 is 0. The Kier molecular flexibility index (Phi) is 5.08. The standard InChI is InChI=1S/C17H16N2O6S/c1-12(13-7-8-15-16(9-13)24-11-23-15)18-25-10-17(20)19-26(21,22)14-5-3-2-4-6-14/h2-9H,10-11H2,1H3,(H,19,20). The Labute approximate surface area is 150 Å². The van der Waals surface area contributed by atoms with E-state index in [0.29, 0.717) is 17.2 Å². The molecule has 0 aliphatic carbocycles. The second kappa shape index (κ2) is 7.44. The van der Waals surface area contributed by atoms with Gasteiger partial charge in [0.1, 0.15) is 0 Å². The van der Waals surface area contributed by atoms with Gasteiger partial charge in [-0.3, -0.25) is 4.79 Å². The van der Waals surface area contributed by atoms with Crippen molar-refractivity contribution in [1.82, 2.24) is 4.72 Å². The van der Waals surface area contributed by atoms with Gasteiger partial charge in [0.05, 0.1) is 10.6 Å². The smallest absolute Gasteiger partial charge is 0.274 e. The molecule has 8 nitrogen and oxygen atoms in total. The zero-order chi connectivity index (χ0) is 18.6. The molecule has 1 heterocycles. The first-order valence-electron chi connectivity index (χ1n) is 7.63. The molecule has 1 aliphatic rings. The van der Waals surface area contributed by atoms with Crippen LogP contribution in [0.1, 0.15) is 12.5 Å². The van der Waals surface area contributed by atoms with Crippen molar-refractivity contribution in [3.8, 4) is 11.5 Å². The summed E-state index contributed by atoms with van der Waals surface area (Å²) in [5.41, 5.74) is 1.23. The van der Waals surface area contributed by atoms with E-state index in [2.05, 4.69) is 5.16 Å². The molecule has 2 aromatic rings. The highest BCUT2D eigenvalue weighted by Gasteiger charge is 2.17. The summed E-state index contributed by atoms with van der Waals surface area (Å²) in [7, 11) is -3.93. The predicted molar refractivity (Wildman–Crippen MR) is 92.5 cm³/mol. The summed E-state index contributed by atoms with van der Waals surface area (Å²) in [6.07, 6.45) is 0. The molecule has 0 unspecified atom stereocenters. The fraction of sp³-hybridized carbons (Fsp3) is 0.176. The molecule has 0 spiro atoms. The maximum atomic E-state index is 12.0. The second-order valence-corrected chi connectivity index (χ2v) is 7.04. The van der Waals surface area contributed by atoms with Gasteiger partial charge in [-0.25, -0.2) is 13.1 Å². The minimum Gasteiger partial charge on any atom is -0.454 e. The van der Waals surface area contributed by atoms with E-state index in [0.717, 1.165) is 5.56 Å². The molecule has 26 heavy (non-hydrogen) atoms. The van der Waals surface area contributed by atoms with Crippen molar-refractivity contribution >= 4 is 21.6 Å². The minimum atomic E-state index is -3.93. The molecule has 0 fully saturated rings. The quantitative estimate of drug-likeness (QED) is 0.607. The first kappa shape index (κ1) is 17.7. The average Bonchev–Trinajstić information content (AvgIpc) is 3.09. The van der Waals surface area contributed by atoms with E-state index in [9.17, 15) is 13.2 Å². The highest BCUT2D eigenvalue weighted by molar-refractivity contribution is 7.90. The monoisotopic (exact) mass is 376 g/mol. The van der Waals surface area contributed by atoms with E-state index in [4.69, 9.17) is 14.3 Å². The maximum Gasteiger partial charge on any atom is 0.274 e. The number of fused-ring (bicyclic) bond motifs is 1. The van der Waals surface area contributed by atoms with Crippen molar-refractivity contribution in [2.45, 2.75) is 11.8 Å². The summed E-state index contributed by atoms with van der Waals surface area (Å²) in [5.74, 6) is 0.424. The minimum absolute atomic E-state index is 0.00612. The van der Waals surface area contributed by atoms with Crippen molar-refractivity contribution in [3.05, 3.63) is 54.1 Å². The summed E-state index contributed by atoms with van der Waals surface area (Å²) in [4.78, 5) is 16.7. The lowest BCUT2D eigenvalue weighted by Gasteiger charge is -2.06.